The molecule has 1 aliphatic rings. The van der Waals surface area contributed by atoms with E-state index in [1.807, 2.05) is 6.07 Å². The smallest absolute Gasteiger partial charge is 0.303 e. The third-order valence-corrected chi connectivity index (χ3v) is 3.72. The van der Waals surface area contributed by atoms with Gasteiger partial charge in [-0.25, -0.2) is 0 Å². The summed E-state index contributed by atoms with van der Waals surface area (Å²) in [5, 5.41) is 9.12. The molecule has 110 valence electrons. The maximum absolute atomic E-state index is 11.1. The quantitative estimate of drug-likeness (QED) is 0.832. The van der Waals surface area contributed by atoms with E-state index in [0.717, 1.165) is 18.4 Å². The highest BCUT2D eigenvalue weighted by Gasteiger charge is 2.36. The average molecular weight is 280 g/mol. The van der Waals surface area contributed by atoms with Gasteiger partial charge in [-0.3, -0.25) is 4.79 Å². The van der Waals surface area contributed by atoms with Crippen LogP contribution >= 0.6 is 0 Å². The summed E-state index contributed by atoms with van der Waals surface area (Å²) in [6.07, 6.45) is 2.24. The van der Waals surface area contributed by atoms with E-state index in [0.29, 0.717) is 23.2 Å². The van der Waals surface area contributed by atoms with Gasteiger partial charge in [-0.2, -0.15) is 0 Å². The molecule has 0 amide bonds. The summed E-state index contributed by atoms with van der Waals surface area (Å²) in [5.74, 6) is 1.26. The molecule has 0 heterocycles. The summed E-state index contributed by atoms with van der Waals surface area (Å²) in [5.41, 5.74) is 0.884. The zero-order valence-electron chi connectivity index (χ0n) is 12.0. The van der Waals surface area contributed by atoms with Crippen molar-refractivity contribution in [3.05, 3.63) is 17.7 Å². The number of methoxy groups -OCH3 is 3. The number of carboxylic acid groups (broad SMARTS) is 1. The second kappa shape index (κ2) is 6.03. The van der Waals surface area contributed by atoms with Gasteiger partial charge >= 0.3 is 5.97 Å². The molecule has 1 atom stereocenters. The third-order valence-electron chi connectivity index (χ3n) is 3.72. The molecule has 20 heavy (non-hydrogen) atoms. The minimum Gasteiger partial charge on any atom is -0.493 e. The standard InChI is InChI=1S/C15H20O5/c1-18-12-7-6-10(14(19-2)15(12)20-3)11(8-13(16)17)9-4-5-9/h6-7,9,11H,4-5,8H2,1-3H3,(H,16,17). The fourth-order valence-electron chi connectivity index (χ4n) is 2.63. The highest BCUT2D eigenvalue weighted by atomic mass is 16.5. The van der Waals surface area contributed by atoms with Gasteiger partial charge < -0.3 is 19.3 Å². The van der Waals surface area contributed by atoms with Crippen LogP contribution in [-0.2, 0) is 4.79 Å². The van der Waals surface area contributed by atoms with Crippen molar-refractivity contribution in [2.45, 2.75) is 25.2 Å². The first-order valence-corrected chi connectivity index (χ1v) is 6.63. The number of hydrogen-bond donors (Lipinski definition) is 1. The van der Waals surface area contributed by atoms with Crippen LogP contribution in [0.4, 0.5) is 0 Å². The van der Waals surface area contributed by atoms with Crippen LogP contribution in [-0.4, -0.2) is 32.4 Å². The van der Waals surface area contributed by atoms with Crippen LogP contribution in [0.3, 0.4) is 0 Å². The van der Waals surface area contributed by atoms with Gasteiger partial charge in [-0.05, 0) is 24.8 Å². The summed E-state index contributed by atoms with van der Waals surface area (Å²) >= 11 is 0. The number of rotatable bonds is 7. The van der Waals surface area contributed by atoms with Gasteiger partial charge in [-0.1, -0.05) is 6.07 Å². The molecule has 1 aromatic carbocycles. The minimum absolute atomic E-state index is 0.0396. The van der Waals surface area contributed by atoms with E-state index in [9.17, 15) is 4.79 Å². The first kappa shape index (κ1) is 14.5. The maximum Gasteiger partial charge on any atom is 0.303 e. The Morgan fingerprint density at radius 3 is 2.30 bits per heavy atom. The summed E-state index contributed by atoms with van der Waals surface area (Å²) in [6.45, 7) is 0. The number of hydrogen-bond acceptors (Lipinski definition) is 4. The molecule has 1 saturated carbocycles. The van der Waals surface area contributed by atoms with Crippen LogP contribution in [0, 0.1) is 5.92 Å². The predicted molar refractivity (Wildman–Crippen MR) is 73.8 cm³/mol. The van der Waals surface area contributed by atoms with Crippen molar-refractivity contribution >= 4 is 5.97 Å². The lowest BCUT2D eigenvalue weighted by atomic mass is 9.90. The molecule has 0 bridgehead atoms. The van der Waals surface area contributed by atoms with Crippen molar-refractivity contribution in [1.82, 2.24) is 0 Å². The van der Waals surface area contributed by atoms with Gasteiger partial charge in [0.05, 0.1) is 27.8 Å². The summed E-state index contributed by atoms with van der Waals surface area (Å²) in [6, 6.07) is 3.68. The Morgan fingerprint density at radius 1 is 1.20 bits per heavy atom. The molecule has 0 saturated heterocycles. The molecule has 1 aromatic rings. The Kier molecular flexibility index (Phi) is 4.37. The fraction of sp³-hybridized carbons (Fsp3) is 0.533. The molecule has 5 heteroatoms. The van der Waals surface area contributed by atoms with E-state index >= 15 is 0 Å². The summed E-state index contributed by atoms with van der Waals surface area (Å²) in [7, 11) is 4.67. The topological polar surface area (TPSA) is 65.0 Å². The van der Waals surface area contributed by atoms with Crippen LogP contribution in [0.5, 0.6) is 17.2 Å². The first-order chi connectivity index (χ1) is 9.62. The number of benzene rings is 1. The molecule has 1 N–H and O–H groups in total. The Morgan fingerprint density at radius 2 is 1.85 bits per heavy atom. The highest BCUT2D eigenvalue weighted by molar-refractivity contribution is 5.69. The van der Waals surface area contributed by atoms with Crippen molar-refractivity contribution < 1.29 is 24.1 Å². The van der Waals surface area contributed by atoms with Gasteiger partial charge in [0.2, 0.25) is 5.75 Å². The van der Waals surface area contributed by atoms with E-state index < -0.39 is 5.97 Å². The minimum atomic E-state index is -0.793. The molecule has 1 unspecified atom stereocenters. The molecule has 0 spiro atoms. The monoisotopic (exact) mass is 280 g/mol. The van der Waals surface area contributed by atoms with Gasteiger partial charge in [0, 0.05) is 11.5 Å². The van der Waals surface area contributed by atoms with Gasteiger partial charge in [0.25, 0.3) is 0 Å². The van der Waals surface area contributed by atoms with E-state index in [1.54, 1.807) is 27.4 Å². The van der Waals surface area contributed by atoms with Gasteiger partial charge in [0.15, 0.2) is 11.5 Å². The predicted octanol–water partition coefficient (Wildman–Crippen LogP) is 2.68. The van der Waals surface area contributed by atoms with Crippen LogP contribution < -0.4 is 14.2 Å². The van der Waals surface area contributed by atoms with Crippen LogP contribution in [0.25, 0.3) is 0 Å². The Bertz CT molecular complexity index is 493. The molecule has 0 aromatic heterocycles. The highest BCUT2D eigenvalue weighted by Crippen LogP contribution is 2.50. The Balaban J connectivity index is 2.45. The largest absolute Gasteiger partial charge is 0.493 e. The summed E-state index contributed by atoms with van der Waals surface area (Å²) in [4.78, 5) is 11.1. The molecule has 2 rings (SSSR count). The lowest BCUT2D eigenvalue weighted by Crippen LogP contribution is -2.10. The van der Waals surface area contributed by atoms with Crippen molar-refractivity contribution in [1.29, 1.82) is 0 Å². The molecular formula is C15H20O5. The molecule has 1 aliphatic carbocycles. The van der Waals surface area contributed by atoms with Gasteiger partial charge in [-0.15, -0.1) is 0 Å². The second-order valence-corrected chi connectivity index (χ2v) is 4.97. The molecule has 1 fully saturated rings. The van der Waals surface area contributed by atoms with Crippen LogP contribution in [0.2, 0.25) is 0 Å². The van der Waals surface area contributed by atoms with Crippen molar-refractivity contribution in [2.24, 2.45) is 5.92 Å². The fourth-order valence-corrected chi connectivity index (χ4v) is 2.63. The SMILES string of the molecule is COc1ccc(C(CC(=O)O)C2CC2)c(OC)c1OC. The number of ether oxygens (including phenoxy) is 3. The Hall–Kier alpha value is -1.91. The molecular weight excluding hydrogens is 260 g/mol. The third kappa shape index (κ3) is 2.81. The normalized spacial score (nSPS) is 15.6. The maximum atomic E-state index is 11.1. The number of carbonyl (C=O) groups is 1. The molecule has 0 aliphatic heterocycles. The second-order valence-electron chi connectivity index (χ2n) is 4.97. The van der Waals surface area contributed by atoms with E-state index in [4.69, 9.17) is 19.3 Å². The molecule has 0 radical (unpaired) electrons. The van der Waals surface area contributed by atoms with Crippen LogP contribution in [0.15, 0.2) is 12.1 Å². The lowest BCUT2D eigenvalue weighted by Gasteiger charge is -2.21. The van der Waals surface area contributed by atoms with Crippen LogP contribution in [0.1, 0.15) is 30.7 Å². The lowest BCUT2D eigenvalue weighted by molar-refractivity contribution is -0.137. The van der Waals surface area contributed by atoms with Crippen molar-refractivity contribution in [3.63, 3.8) is 0 Å². The molecule has 5 nitrogen and oxygen atoms in total. The van der Waals surface area contributed by atoms with Crippen molar-refractivity contribution in [2.75, 3.05) is 21.3 Å². The average Bonchev–Trinajstić information content (AvgIpc) is 3.27. The first-order valence-electron chi connectivity index (χ1n) is 6.63. The van der Waals surface area contributed by atoms with E-state index in [2.05, 4.69) is 0 Å². The van der Waals surface area contributed by atoms with Crippen molar-refractivity contribution in [3.8, 4) is 17.2 Å². The Labute approximate surface area is 118 Å². The van der Waals surface area contributed by atoms with Gasteiger partial charge in [0.1, 0.15) is 0 Å². The number of carboxylic acids is 1. The van der Waals surface area contributed by atoms with E-state index in [1.165, 1.54) is 0 Å². The van der Waals surface area contributed by atoms with E-state index in [-0.39, 0.29) is 12.3 Å². The zero-order valence-corrected chi connectivity index (χ0v) is 12.0. The number of aliphatic carboxylic acids is 1. The summed E-state index contributed by atoms with van der Waals surface area (Å²) < 4.78 is 16.1. The zero-order chi connectivity index (χ0) is 14.7.